The van der Waals surface area contributed by atoms with Crippen LogP contribution in [0.1, 0.15) is 84.0 Å². The summed E-state index contributed by atoms with van der Waals surface area (Å²) in [5.74, 6) is -6.11. The highest BCUT2D eigenvalue weighted by Crippen LogP contribution is 2.46. The molecule has 3 fully saturated rings. The molecule has 0 spiro atoms. The van der Waals surface area contributed by atoms with Crippen molar-refractivity contribution in [2.45, 2.75) is 103 Å². The minimum absolute atomic E-state index is 0.149. The second-order valence-electron chi connectivity index (χ2n) is 13.3. The molecule has 12 heteroatoms. The third-order valence-electron chi connectivity index (χ3n) is 10.0. The molecule has 1 aliphatic heterocycles. The van der Waals surface area contributed by atoms with Gasteiger partial charge in [0.2, 0.25) is 5.75 Å². The largest absolute Gasteiger partial charge is 0.573 e. The zero-order valence-corrected chi connectivity index (χ0v) is 26.4. The van der Waals surface area contributed by atoms with Crippen LogP contribution < -0.4 is 9.47 Å². The van der Waals surface area contributed by atoms with E-state index in [-0.39, 0.29) is 19.1 Å². The molecule has 4 nitrogen and oxygen atoms in total. The molecule has 0 atom stereocenters. The molecule has 2 aliphatic carbocycles. The van der Waals surface area contributed by atoms with Crippen LogP contribution in [0.25, 0.3) is 11.1 Å². The van der Waals surface area contributed by atoms with E-state index in [1.54, 1.807) is 0 Å². The molecule has 3 aliphatic rings. The van der Waals surface area contributed by atoms with Crippen molar-refractivity contribution in [3.63, 3.8) is 0 Å². The number of hydrogen-bond donors (Lipinski definition) is 0. The Bertz CT molecular complexity index is 1290. The lowest BCUT2D eigenvalue weighted by Gasteiger charge is -2.41. The summed E-state index contributed by atoms with van der Waals surface area (Å²) in [5.41, 5.74) is -0.858. The molecule has 2 saturated carbocycles. The number of ether oxygens (including phenoxy) is 4. The lowest BCUT2D eigenvalue weighted by atomic mass is 9.69. The molecule has 1 saturated heterocycles. The molecule has 0 bridgehead atoms. The quantitative estimate of drug-likeness (QED) is 0.175. The Labute approximate surface area is 270 Å². The number of halogens is 8. The highest BCUT2D eigenvalue weighted by molar-refractivity contribution is 5.66. The van der Waals surface area contributed by atoms with Gasteiger partial charge in [-0.1, -0.05) is 26.2 Å². The minimum Gasteiger partial charge on any atom is -0.432 e. The van der Waals surface area contributed by atoms with Gasteiger partial charge in [0.15, 0.2) is 17.9 Å². The summed E-state index contributed by atoms with van der Waals surface area (Å²) in [4.78, 5) is 0. The van der Waals surface area contributed by atoms with Crippen LogP contribution >= 0.6 is 0 Å². The molecule has 2 aromatic rings. The average Bonchev–Trinajstić information content (AvgIpc) is 3.03. The molecule has 1 heterocycles. The highest BCUT2D eigenvalue weighted by Gasteiger charge is 2.45. The Hall–Kier alpha value is -2.60. The molecule has 5 rings (SSSR count). The van der Waals surface area contributed by atoms with Crippen LogP contribution in [0.15, 0.2) is 30.3 Å². The zero-order chi connectivity index (χ0) is 33.8. The van der Waals surface area contributed by atoms with Crippen molar-refractivity contribution < 1.29 is 54.1 Å². The van der Waals surface area contributed by atoms with Gasteiger partial charge in [-0.15, -0.1) is 13.2 Å². The van der Waals surface area contributed by atoms with Gasteiger partial charge in [0.1, 0.15) is 11.6 Å². The first-order valence-corrected chi connectivity index (χ1v) is 16.7. The van der Waals surface area contributed by atoms with E-state index in [0.29, 0.717) is 54.7 Å². The van der Waals surface area contributed by atoms with Crippen LogP contribution in [0.3, 0.4) is 0 Å². The fraction of sp³-hybridized carbons (Fsp3) is 0.657. The van der Waals surface area contributed by atoms with Crippen molar-refractivity contribution in [2.75, 3.05) is 13.2 Å². The number of rotatable bonds is 11. The topological polar surface area (TPSA) is 36.9 Å². The van der Waals surface area contributed by atoms with Gasteiger partial charge in [-0.25, -0.2) is 13.2 Å². The van der Waals surface area contributed by atoms with Crippen LogP contribution in [0.2, 0.25) is 0 Å². The Morgan fingerprint density at radius 1 is 0.702 bits per heavy atom. The first-order valence-electron chi connectivity index (χ1n) is 16.7. The number of benzene rings is 2. The molecule has 0 unspecified atom stereocenters. The second kappa shape index (κ2) is 15.3. The van der Waals surface area contributed by atoms with E-state index in [0.717, 1.165) is 57.5 Å². The molecule has 2 aromatic carbocycles. The number of alkyl halides is 5. The van der Waals surface area contributed by atoms with E-state index in [9.17, 15) is 26.3 Å². The van der Waals surface area contributed by atoms with Gasteiger partial charge >= 0.3 is 12.5 Å². The Balaban J connectivity index is 1.09. The zero-order valence-electron chi connectivity index (χ0n) is 26.4. The lowest BCUT2D eigenvalue weighted by molar-refractivity contribution is -0.276. The van der Waals surface area contributed by atoms with Crippen LogP contribution in [-0.4, -0.2) is 32.0 Å². The summed E-state index contributed by atoms with van der Waals surface area (Å²) in [5, 5.41) is 0. The Morgan fingerprint density at radius 2 is 1.28 bits per heavy atom. The SMILES string of the molecule is CCCCCC1COC(C2CCC(C3CCC(C(F)(F)Oc4ccc(-c5cc(F)c(OC(F)(F)F)c(F)c5)c(F)c4)CC3)CC2)OC1. The lowest BCUT2D eigenvalue weighted by Crippen LogP contribution is -2.40. The van der Waals surface area contributed by atoms with Crippen molar-refractivity contribution in [3.8, 4) is 22.6 Å². The fourth-order valence-electron chi connectivity index (χ4n) is 7.46. The highest BCUT2D eigenvalue weighted by atomic mass is 19.4. The Kier molecular flexibility index (Phi) is 11.6. The van der Waals surface area contributed by atoms with Gasteiger partial charge in [0.25, 0.3) is 0 Å². The summed E-state index contributed by atoms with van der Waals surface area (Å²) in [7, 11) is 0. The number of unbranched alkanes of at least 4 members (excludes halogenated alkanes) is 2. The van der Waals surface area contributed by atoms with Crippen molar-refractivity contribution >= 4 is 0 Å². The van der Waals surface area contributed by atoms with Gasteiger partial charge in [-0.3, -0.25) is 0 Å². The molecular formula is C35H42F8O4. The van der Waals surface area contributed by atoms with Gasteiger partial charge in [-0.2, -0.15) is 8.78 Å². The number of hydrogen-bond acceptors (Lipinski definition) is 4. The molecule has 47 heavy (non-hydrogen) atoms. The second-order valence-corrected chi connectivity index (χ2v) is 13.3. The molecule has 262 valence electrons. The summed E-state index contributed by atoms with van der Waals surface area (Å²) in [6, 6.07) is 3.59. The van der Waals surface area contributed by atoms with E-state index < -0.39 is 58.5 Å². The summed E-state index contributed by atoms with van der Waals surface area (Å²) >= 11 is 0. The van der Waals surface area contributed by atoms with Crippen LogP contribution in [0.4, 0.5) is 35.1 Å². The van der Waals surface area contributed by atoms with E-state index in [4.69, 9.17) is 14.2 Å². The maximum absolute atomic E-state index is 15.2. The first kappa shape index (κ1) is 35.7. The molecule has 0 radical (unpaired) electrons. The summed E-state index contributed by atoms with van der Waals surface area (Å²) < 4.78 is 131. The normalized spacial score (nSPS) is 27.4. The molecule has 0 N–H and O–H groups in total. The summed E-state index contributed by atoms with van der Waals surface area (Å²) in [6.07, 6.45) is 1.57. The maximum atomic E-state index is 15.2. The van der Waals surface area contributed by atoms with Crippen molar-refractivity contribution in [2.24, 2.45) is 29.6 Å². The molecular weight excluding hydrogens is 636 g/mol. The van der Waals surface area contributed by atoms with Crippen LogP contribution in [-0.2, 0) is 9.47 Å². The van der Waals surface area contributed by atoms with Gasteiger partial charge < -0.3 is 18.9 Å². The monoisotopic (exact) mass is 678 g/mol. The van der Waals surface area contributed by atoms with Gasteiger partial charge in [0.05, 0.1) is 19.1 Å². The predicted molar refractivity (Wildman–Crippen MR) is 158 cm³/mol. The van der Waals surface area contributed by atoms with E-state index in [2.05, 4.69) is 11.7 Å². The van der Waals surface area contributed by atoms with Crippen molar-refractivity contribution in [1.29, 1.82) is 0 Å². The smallest absolute Gasteiger partial charge is 0.432 e. The Morgan fingerprint density at radius 3 is 1.83 bits per heavy atom. The summed E-state index contributed by atoms with van der Waals surface area (Å²) in [6.45, 7) is 3.70. The van der Waals surface area contributed by atoms with Crippen LogP contribution in [0.5, 0.6) is 11.5 Å². The average molecular weight is 679 g/mol. The third kappa shape index (κ3) is 9.31. The van der Waals surface area contributed by atoms with Gasteiger partial charge in [0, 0.05) is 23.5 Å². The first-order chi connectivity index (χ1) is 22.3. The van der Waals surface area contributed by atoms with Crippen molar-refractivity contribution in [1.82, 2.24) is 0 Å². The minimum atomic E-state index is -5.34. The fourth-order valence-corrected chi connectivity index (χ4v) is 7.46. The standard InChI is InChI=1S/C35H42F8O4/c1-2-3-4-5-21-19-44-33(45-20-21)24-8-6-22(7-9-24)23-10-12-26(13-11-23)34(39,40)46-27-14-15-28(29(36)18-27)25-16-30(37)32(31(38)17-25)47-35(41,42)43/h14-18,21-24,26,33H,2-13,19-20H2,1H3. The molecule has 0 aromatic heterocycles. The van der Waals surface area contributed by atoms with Crippen molar-refractivity contribution in [3.05, 3.63) is 47.8 Å². The predicted octanol–water partition coefficient (Wildman–Crippen LogP) is 10.8. The van der Waals surface area contributed by atoms with Crippen LogP contribution in [0, 0.1) is 47.0 Å². The van der Waals surface area contributed by atoms with Gasteiger partial charge in [-0.05, 0) is 99.5 Å². The third-order valence-corrected chi connectivity index (χ3v) is 10.0. The van der Waals surface area contributed by atoms with E-state index >= 15 is 8.78 Å². The molecule has 0 amide bonds. The van der Waals surface area contributed by atoms with E-state index in [1.807, 2.05) is 0 Å². The van der Waals surface area contributed by atoms with E-state index in [1.165, 1.54) is 19.3 Å². The maximum Gasteiger partial charge on any atom is 0.573 e.